The molecule has 1 rings (SSSR count). The average molecular weight is 331 g/mol. The molecule has 102 valence electrons. The highest BCUT2D eigenvalue weighted by Gasteiger charge is 2.11. The topological polar surface area (TPSA) is 109 Å². The predicted molar refractivity (Wildman–Crippen MR) is 68.5 cm³/mol. The molecule has 1 aromatic rings. The number of aliphatic carboxylic acids is 1. The molecule has 0 aromatic carbocycles. The molecule has 8 heteroatoms. The van der Waals surface area contributed by atoms with Crippen LogP contribution < -0.4 is 10.6 Å². The molecule has 19 heavy (non-hydrogen) atoms. The number of hydrogen-bond acceptors (Lipinski definition) is 4. The number of halogens is 1. The van der Waals surface area contributed by atoms with Crippen molar-refractivity contribution in [1.29, 1.82) is 0 Å². The molecule has 0 radical (unpaired) electrons. The molecule has 0 aliphatic rings. The minimum absolute atomic E-state index is 0.0767. The summed E-state index contributed by atoms with van der Waals surface area (Å²) in [6, 6.07) is 3.03. The maximum absolute atomic E-state index is 11.5. The number of amides is 2. The minimum Gasteiger partial charge on any atom is -0.478 e. The number of carbonyl (C=O) groups excluding carboxylic acids is 2. The van der Waals surface area contributed by atoms with Crippen LogP contribution in [0.3, 0.4) is 0 Å². The number of hydrogen-bond donors (Lipinski definition) is 3. The van der Waals surface area contributed by atoms with Gasteiger partial charge >= 0.3 is 5.97 Å². The SMILES string of the molecule is O=C(O)/C=C/CNC(=O)CNC(=O)c1ccc(Br)o1. The summed E-state index contributed by atoms with van der Waals surface area (Å²) >= 11 is 3.05. The van der Waals surface area contributed by atoms with Crippen LogP contribution in [0.2, 0.25) is 0 Å². The van der Waals surface area contributed by atoms with Crippen LogP contribution in [-0.2, 0) is 9.59 Å². The molecule has 1 aromatic heterocycles. The third kappa shape index (κ3) is 5.87. The van der Waals surface area contributed by atoms with Gasteiger partial charge in [0, 0.05) is 12.6 Å². The summed E-state index contributed by atoms with van der Waals surface area (Å²) in [5.74, 6) is -1.95. The third-order valence-corrected chi connectivity index (χ3v) is 2.31. The Morgan fingerprint density at radius 3 is 2.63 bits per heavy atom. The fourth-order valence-corrected chi connectivity index (χ4v) is 1.39. The van der Waals surface area contributed by atoms with E-state index in [2.05, 4.69) is 26.6 Å². The van der Waals surface area contributed by atoms with Gasteiger partial charge in [-0.3, -0.25) is 9.59 Å². The largest absolute Gasteiger partial charge is 0.478 e. The number of carbonyl (C=O) groups is 3. The second kappa shape index (κ2) is 7.37. The van der Waals surface area contributed by atoms with Crippen molar-refractivity contribution in [1.82, 2.24) is 10.6 Å². The molecule has 7 nitrogen and oxygen atoms in total. The Labute approximate surface area is 116 Å². The summed E-state index contributed by atoms with van der Waals surface area (Å²) in [7, 11) is 0. The summed E-state index contributed by atoms with van der Waals surface area (Å²) < 4.78 is 5.42. The second-order valence-electron chi connectivity index (χ2n) is 3.33. The molecule has 0 spiro atoms. The van der Waals surface area contributed by atoms with E-state index in [0.717, 1.165) is 6.08 Å². The second-order valence-corrected chi connectivity index (χ2v) is 4.11. The monoisotopic (exact) mass is 330 g/mol. The average Bonchev–Trinajstić information content (AvgIpc) is 2.78. The van der Waals surface area contributed by atoms with E-state index >= 15 is 0 Å². The Morgan fingerprint density at radius 2 is 2.05 bits per heavy atom. The molecule has 0 aliphatic carbocycles. The lowest BCUT2D eigenvalue weighted by atomic mass is 10.4. The molecule has 1 heterocycles. The Morgan fingerprint density at radius 1 is 1.32 bits per heavy atom. The van der Waals surface area contributed by atoms with Gasteiger partial charge in [-0.1, -0.05) is 6.08 Å². The lowest BCUT2D eigenvalue weighted by molar-refractivity contribution is -0.131. The standard InChI is InChI=1S/C11H11BrN2O5/c12-8-4-3-7(19-8)11(18)14-6-9(15)13-5-1-2-10(16)17/h1-4H,5-6H2,(H,13,15)(H,14,18)(H,16,17)/b2-1+. The van der Waals surface area contributed by atoms with Crippen molar-refractivity contribution < 1.29 is 23.9 Å². The quantitative estimate of drug-likeness (QED) is 0.659. The summed E-state index contributed by atoms with van der Waals surface area (Å²) in [5, 5.41) is 13.1. The van der Waals surface area contributed by atoms with Gasteiger partial charge in [0.15, 0.2) is 10.4 Å². The normalized spacial score (nSPS) is 10.4. The van der Waals surface area contributed by atoms with Crippen molar-refractivity contribution >= 4 is 33.7 Å². The highest BCUT2D eigenvalue weighted by molar-refractivity contribution is 9.10. The Hall–Kier alpha value is -2.09. The highest BCUT2D eigenvalue weighted by Crippen LogP contribution is 2.13. The molecule has 0 fully saturated rings. The molecule has 2 amide bonds. The van der Waals surface area contributed by atoms with Crippen molar-refractivity contribution in [3.05, 3.63) is 34.7 Å². The Kier molecular flexibility index (Phi) is 5.80. The molecule has 0 aliphatic heterocycles. The Bertz CT molecular complexity index is 509. The fraction of sp³-hybridized carbons (Fsp3) is 0.182. The van der Waals surface area contributed by atoms with Gasteiger partial charge in [0.05, 0.1) is 6.54 Å². The van der Waals surface area contributed by atoms with Gasteiger partial charge in [0.1, 0.15) is 0 Å². The van der Waals surface area contributed by atoms with Gasteiger partial charge in [-0.25, -0.2) is 4.79 Å². The molecule has 3 N–H and O–H groups in total. The van der Waals surface area contributed by atoms with E-state index in [1.165, 1.54) is 12.1 Å². The van der Waals surface area contributed by atoms with Crippen molar-refractivity contribution in [2.45, 2.75) is 0 Å². The van der Waals surface area contributed by atoms with E-state index in [9.17, 15) is 14.4 Å². The first-order valence-electron chi connectivity index (χ1n) is 5.18. The summed E-state index contributed by atoms with van der Waals surface area (Å²) in [6.45, 7) is -0.147. The van der Waals surface area contributed by atoms with Crippen molar-refractivity contribution in [3.8, 4) is 0 Å². The number of furan rings is 1. The lowest BCUT2D eigenvalue weighted by Gasteiger charge is -2.03. The van der Waals surface area contributed by atoms with Crippen LogP contribution in [-0.4, -0.2) is 36.0 Å². The maximum atomic E-state index is 11.5. The Balaban J connectivity index is 2.27. The first-order chi connectivity index (χ1) is 8.99. The fourth-order valence-electron chi connectivity index (χ4n) is 1.08. The summed E-state index contributed by atoms with van der Waals surface area (Å²) in [6.07, 6.45) is 2.20. The number of carboxylic acid groups (broad SMARTS) is 1. The number of rotatable bonds is 6. The van der Waals surface area contributed by atoms with Crippen molar-refractivity contribution in [2.75, 3.05) is 13.1 Å². The lowest BCUT2D eigenvalue weighted by Crippen LogP contribution is -2.36. The van der Waals surface area contributed by atoms with Crippen molar-refractivity contribution in [3.63, 3.8) is 0 Å². The first kappa shape index (κ1) is 15.0. The first-order valence-corrected chi connectivity index (χ1v) is 5.98. The third-order valence-electron chi connectivity index (χ3n) is 1.88. The van der Waals surface area contributed by atoms with E-state index in [4.69, 9.17) is 9.52 Å². The zero-order valence-electron chi connectivity index (χ0n) is 9.68. The number of nitrogens with one attached hydrogen (secondary N) is 2. The van der Waals surface area contributed by atoms with Crippen LogP contribution in [0.1, 0.15) is 10.6 Å². The van der Waals surface area contributed by atoms with Crippen LogP contribution in [0.15, 0.2) is 33.4 Å². The van der Waals surface area contributed by atoms with Crippen LogP contribution in [0, 0.1) is 0 Å². The maximum Gasteiger partial charge on any atom is 0.328 e. The van der Waals surface area contributed by atoms with E-state index in [1.807, 2.05) is 0 Å². The van der Waals surface area contributed by atoms with Gasteiger partial charge in [-0.05, 0) is 28.1 Å². The molecular weight excluding hydrogens is 320 g/mol. The van der Waals surface area contributed by atoms with E-state index in [1.54, 1.807) is 6.07 Å². The molecule has 0 saturated heterocycles. The van der Waals surface area contributed by atoms with Gasteiger partial charge in [0.25, 0.3) is 5.91 Å². The van der Waals surface area contributed by atoms with E-state index in [0.29, 0.717) is 4.67 Å². The summed E-state index contributed by atoms with van der Waals surface area (Å²) in [5.41, 5.74) is 0. The van der Waals surface area contributed by atoms with Gasteiger partial charge < -0.3 is 20.2 Å². The molecule has 0 unspecified atom stereocenters. The zero-order chi connectivity index (χ0) is 14.3. The van der Waals surface area contributed by atoms with Gasteiger partial charge in [-0.15, -0.1) is 0 Å². The predicted octanol–water partition coefficient (Wildman–Crippen LogP) is 0.529. The minimum atomic E-state index is -1.09. The molecule has 0 saturated carbocycles. The smallest absolute Gasteiger partial charge is 0.328 e. The van der Waals surface area contributed by atoms with Crippen LogP contribution in [0.25, 0.3) is 0 Å². The van der Waals surface area contributed by atoms with Crippen molar-refractivity contribution in [2.24, 2.45) is 0 Å². The van der Waals surface area contributed by atoms with Crippen LogP contribution >= 0.6 is 15.9 Å². The number of carboxylic acids is 1. The molecule has 0 atom stereocenters. The van der Waals surface area contributed by atoms with E-state index in [-0.39, 0.29) is 18.8 Å². The zero-order valence-corrected chi connectivity index (χ0v) is 11.3. The molecular formula is C11H11BrN2O5. The van der Waals surface area contributed by atoms with Crippen LogP contribution in [0.4, 0.5) is 0 Å². The highest BCUT2D eigenvalue weighted by atomic mass is 79.9. The van der Waals surface area contributed by atoms with Gasteiger partial charge in [0.2, 0.25) is 5.91 Å². The van der Waals surface area contributed by atoms with Crippen LogP contribution in [0.5, 0.6) is 0 Å². The van der Waals surface area contributed by atoms with E-state index < -0.39 is 17.8 Å². The molecule has 0 bridgehead atoms. The van der Waals surface area contributed by atoms with Gasteiger partial charge in [-0.2, -0.15) is 0 Å². The summed E-state index contributed by atoms with van der Waals surface area (Å²) in [4.78, 5) is 32.9.